The van der Waals surface area contributed by atoms with Crippen molar-refractivity contribution in [3.05, 3.63) is 130 Å². The maximum atomic E-state index is 15.5. The molecule has 0 spiro atoms. The fraction of sp³-hybridized carbons (Fsp3) is 0.345. The first-order chi connectivity index (χ1) is 35.9. The minimum absolute atomic E-state index is 0.00656. The van der Waals surface area contributed by atoms with Crippen molar-refractivity contribution >= 4 is 73.7 Å². The predicted octanol–water partition coefficient (Wildman–Crippen LogP) is 6.82. The number of carbonyl (C=O) groups excluding carboxylic acids is 5. The third-order valence-electron chi connectivity index (χ3n) is 15.0. The van der Waals surface area contributed by atoms with Crippen molar-refractivity contribution in [2.75, 3.05) is 60.9 Å². The zero-order chi connectivity index (χ0) is 51.2. The molecule has 0 bridgehead atoms. The highest BCUT2D eigenvalue weighted by Crippen LogP contribution is 2.37. The zero-order valence-corrected chi connectivity index (χ0v) is 41.5. The lowest BCUT2D eigenvalue weighted by Gasteiger charge is -2.37. The van der Waals surface area contributed by atoms with Gasteiger partial charge in [0, 0.05) is 69.4 Å². The maximum absolute atomic E-state index is 15.5. The van der Waals surface area contributed by atoms with Gasteiger partial charge in [0.1, 0.15) is 29.5 Å². The highest BCUT2D eigenvalue weighted by Gasteiger charge is 2.45. The molecule has 380 valence electrons. The molecule has 6 aromatic rings. The number of fused-ring (bicyclic) bond motifs is 3. The number of para-hydroxylation sites is 1. The molecule has 4 aromatic carbocycles. The number of halogens is 1. The molecule has 7 heterocycles. The van der Waals surface area contributed by atoms with Crippen LogP contribution in [0.1, 0.15) is 96.8 Å². The van der Waals surface area contributed by atoms with Gasteiger partial charge < -0.3 is 25.0 Å². The molecule has 4 N–H and O–H groups in total. The Hall–Kier alpha value is -7.61. The zero-order valence-electron chi connectivity index (χ0n) is 40.7. The van der Waals surface area contributed by atoms with Gasteiger partial charge in [0.2, 0.25) is 11.8 Å². The largest absolute Gasteiger partial charge is 0.489 e. The average molecular weight is 1020 g/mol. The number of hydrogen-bond acceptors (Lipinski definition) is 14. The highest BCUT2D eigenvalue weighted by molar-refractivity contribution is 7.22. The van der Waals surface area contributed by atoms with Gasteiger partial charge in [-0.15, -0.1) is 0 Å². The molecule has 0 saturated carbocycles. The van der Waals surface area contributed by atoms with Crippen LogP contribution in [-0.4, -0.2) is 124 Å². The normalized spacial score (nSPS) is 20.1. The summed E-state index contributed by atoms with van der Waals surface area (Å²) in [6.07, 6.45) is 4.36. The van der Waals surface area contributed by atoms with Crippen LogP contribution in [-0.2, 0) is 22.6 Å². The van der Waals surface area contributed by atoms with E-state index in [9.17, 15) is 33.9 Å². The van der Waals surface area contributed by atoms with E-state index in [-0.39, 0.29) is 47.4 Å². The summed E-state index contributed by atoms with van der Waals surface area (Å²) in [6, 6.07) is 24.5. The molecule has 3 atom stereocenters. The number of carbonyl (C=O) groups is 6. The molecule has 74 heavy (non-hydrogen) atoms. The number of nitrogens with zero attached hydrogens (tertiary/aromatic N) is 6. The predicted molar refractivity (Wildman–Crippen MR) is 277 cm³/mol. The Morgan fingerprint density at radius 1 is 0.838 bits per heavy atom. The third kappa shape index (κ3) is 9.57. The summed E-state index contributed by atoms with van der Waals surface area (Å²) in [5.74, 6) is -3.35. The standard InChI is InChI=1S/C55H54FN9O8S/c1-31-35(36-16-18-47(59-49(36)54(71)72)64-22-20-32-7-4-10-37(40(32)30-64)50(67)61-55-58-42-11-2-3-13-46(42)74-55)9-5-12-45(31)73-34-15-14-33(57-29-34)8-6-21-62-23-25-63(26-24-62)44-28-39-38(27-41(44)56)52(69)65(53(39)70)43-17-19-48(66)60-51(43)68/h2-5,7,9-13,16,18,27-28,33-34,43,57H,6,8,14-15,17,19-26,29-30H2,1H3,(H,71,72)(H,58,61,67)(H,60,66,68)/t33-,34-,43?/m0/s1. The van der Waals surface area contributed by atoms with Crippen molar-refractivity contribution < 1.29 is 43.0 Å². The number of thiazole rings is 1. The number of ether oxygens (including phenoxy) is 1. The summed E-state index contributed by atoms with van der Waals surface area (Å²) < 4.78 is 23.1. The topological polar surface area (TPSA) is 207 Å². The number of piperazine rings is 1. The summed E-state index contributed by atoms with van der Waals surface area (Å²) in [5, 5.41) is 19.9. The number of pyridine rings is 1. The minimum atomic E-state index is -1.14. The lowest BCUT2D eigenvalue weighted by Crippen LogP contribution is -2.54. The van der Waals surface area contributed by atoms with Crippen LogP contribution in [0, 0.1) is 12.7 Å². The molecular formula is C55H54FN9O8S. The first-order valence-corrected chi connectivity index (χ1v) is 26.0. The van der Waals surface area contributed by atoms with Gasteiger partial charge in [-0.3, -0.25) is 44.4 Å². The van der Waals surface area contributed by atoms with Gasteiger partial charge in [-0.05, 0) is 123 Å². The Morgan fingerprint density at radius 3 is 2.41 bits per heavy atom. The lowest BCUT2D eigenvalue weighted by atomic mass is 9.94. The van der Waals surface area contributed by atoms with Crippen LogP contribution >= 0.6 is 11.3 Å². The number of nitrogens with one attached hydrogen (secondary N) is 3. The number of piperidine rings is 2. The number of amides is 5. The average Bonchev–Trinajstić information content (AvgIpc) is 3.92. The molecule has 3 saturated heterocycles. The number of carboxylic acids is 1. The Balaban J connectivity index is 0.662. The first kappa shape index (κ1) is 48.6. The van der Waals surface area contributed by atoms with Gasteiger partial charge in [-0.2, -0.15) is 0 Å². The molecule has 11 rings (SSSR count). The molecule has 17 nitrogen and oxygen atoms in total. The summed E-state index contributed by atoms with van der Waals surface area (Å²) in [5.41, 5.74) is 5.51. The van der Waals surface area contributed by atoms with E-state index >= 15 is 4.39 Å². The van der Waals surface area contributed by atoms with Crippen molar-refractivity contribution in [3.63, 3.8) is 0 Å². The van der Waals surface area contributed by atoms with Crippen molar-refractivity contribution in [1.82, 2.24) is 30.4 Å². The van der Waals surface area contributed by atoms with E-state index in [1.807, 2.05) is 89.5 Å². The van der Waals surface area contributed by atoms with E-state index in [0.29, 0.717) is 86.1 Å². The SMILES string of the molecule is Cc1c(O[C@H]2CC[C@H](CCCN3CCN(c4cc5c(cc4F)C(=O)N(C4CCC(=O)NC4=O)C5=O)CC3)NC2)cccc1-c1ccc(N2CCc3cccc(C(=O)Nc4nc5ccccc5s4)c3C2)nc1C(=O)O. The van der Waals surface area contributed by atoms with Crippen molar-refractivity contribution in [2.45, 2.75) is 76.6 Å². The number of aromatic carboxylic acids is 1. The lowest BCUT2D eigenvalue weighted by molar-refractivity contribution is -0.136. The molecule has 5 aliphatic rings. The second kappa shape index (κ2) is 20.4. The minimum Gasteiger partial charge on any atom is -0.489 e. The van der Waals surface area contributed by atoms with Crippen LogP contribution in [0.3, 0.4) is 0 Å². The molecule has 0 radical (unpaired) electrons. The van der Waals surface area contributed by atoms with Gasteiger partial charge in [0.25, 0.3) is 17.7 Å². The molecule has 1 unspecified atom stereocenters. The smallest absolute Gasteiger partial charge is 0.355 e. The van der Waals surface area contributed by atoms with Crippen molar-refractivity contribution in [2.24, 2.45) is 0 Å². The summed E-state index contributed by atoms with van der Waals surface area (Å²) in [7, 11) is 0. The van der Waals surface area contributed by atoms with E-state index < -0.39 is 41.5 Å². The van der Waals surface area contributed by atoms with Crippen molar-refractivity contribution in [3.8, 4) is 16.9 Å². The maximum Gasteiger partial charge on any atom is 0.355 e. The number of anilines is 3. The number of imide groups is 2. The van der Waals surface area contributed by atoms with E-state index in [0.717, 1.165) is 75.7 Å². The van der Waals surface area contributed by atoms with Crippen LogP contribution < -0.4 is 30.5 Å². The number of hydrogen-bond donors (Lipinski definition) is 4. The second-order valence-electron chi connectivity index (χ2n) is 19.5. The second-order valence-corrected chi connectivity index (χ2v) is 20.6. The summed E-state index contributed by atoms with van der Waals surface area (Å²) in [4.78, 5) is 93.6. The quantitative estimate of drug-likeness (QED) is 0.0877. The van der Waals surface area contributed by atoms with Gasteiger partial charge in [0.05, 0.1) is 27.0 Å². The number of rotatable bonds is 13. The summed E-state index contributed by atoms with van der Waals surface area (Å²) >= 11 is 1.42. The molecule has 0 aliphatic carbocycles. The van der Waals surface area contributed by atoms with Crippen LogP contribution in [0.2, 0.25) is 0 Å². The Kier molecular flexibility index (Phi) is 13.4. The molecule has 5 aliphatic heterocycles. The molecular weight excluding hydrogens is 966 g/mol. The monoisotopic (exact) mass is 1020 g/mol. The number of aromatic nitrogens is 2. The Morgan fingerprint density at radius 2 is 1.64 bits per heavy atom. The van der Waals surface area contributed by atoms with Gasteiger partial charge in [-0.1, -0.05) is 47.7 Å². The van der Waals surface area contributed by atoms with Gasteiger partial charge >= 0.3 is 5.97 Å². The summed E-state index contributed by atoms with van der Waals surface area (Å²) in [6.45, 7) is 6.97. The molecule has 3 fully saturated rings. The fourth-order valence-corrected chi connectivity index (χ4v) is 11.9. The number of benzene rings is 4. The van der Waals surface area contributed by atoms with Crippen molar-refractivity contribution in [1.29, 1.82) is 0 Å². The first-order valence-electron chi connectivity index (χ1n) is 25.2. The highest BCUT2D eigenvalue weighted by atomic mass is 32.1. The van der Waals surface area contributed by atoms with Gasteiger partial charge in [-0.25, -0.2) is 19.2 Å². The fourth-order valence-electron chi connectivity index (χ4n) is 11.0. The van der Waals surface area contributed by atoms with Crippen LogP contribution in [0.15, 0.2) is 84.9 Å². The number of carboxylic acid groups (broad SMARTS) is 1. The van der Waals surface area contributed by atoms with Gasteiger partial charge in [0.15, 0.2) is 10.8 Å². The Bertz CT molecular complexity index is 3230. The van der Waals surface area contributed by atoms with Crippen LogP contribution in [0.4, 0.5) is 21.0 Å². The molecule has 5 amide bonds. The van der Waals surface area contributed by atoms with E-state index in [1.165, 1.54) is 17.4 Å². The van der Waals surface area contributed by atoms with E-state index in [4.69, 9.17) is 9.72 Å². The van der Waals surface area contributed by atoms with Crippen LogP contribution in [0.25, 0.3) is 21.3 Å². The third-order valence-corrected chi connectivity index (χ3v) is 16.0. The van der Waals surface area contributed by atoms with E-state index in [2.05, 4.69) is 25.8 Å². The Labute approximate surface area is 429 Å². The van der Waals surface area contributed by atoms with Crippen LogP contribution in [0.5, 0.6) is 5.75 Å². The van der Waals surface area contributed by atoms with E-state index in [1.54, 1.807) is 0 Å². The molecule has 2 aromatic heterocycles. The molecule has 19 heteroatoms.